The summed E-state index contributed by atoms with van der Waals surface area (Å²) in [7, 11) is 0. The highest BCUT2D eigenvalue weighted by molar-refractivity contribution is 5.16. The number of alkyl halides is 3. The van der Waals surface area contributed by atoms with E-state index in [0.717, 1.165) is 5.56 Å². The molecule has 0 aromatic heterocycles. The lowest BCUT2D eigenvalue weighted by Crippen LogP contribution is -2.53. The van der Waals surface area contributed by atoms with Gasteiger partial charge in [-0.3, -0.25) is 0 Å². The van der Waals surface area contributed by atoms with Crippen LogP contribution >= 0.6 is 0 Å². The molecule has 0 amide bonds. The molecule has 2 rings (SSSR count). The number of benzene rings is 1. The number of hydrogen-bond donors (Lipinski definition) is 1. The van der Waals surface area contributed by atoms with Crippen LogP contribution in [0.5, 0.6) is 0 Å². The van der Waals surface area contributed by atoms with E-state index in [1.165, 1.54) is 11.0 Å². The van der Waals surface area contributed by atoms with Gasteiger partial charge in [0.1, 0.15) is 0 Å². The molecule has 1 atom stereocenters. The maximum atomic E-state index is 12.7. The molecule has 98 valence electrons. The minimum Gasteiger partial charge on any atom is -0.379 e. The smallest absolute Gasteiger partial charge is 0.379 e. The summed E-state index contributed by atoms with van der Waals surface area (Å²) >= 11 is 0. The second-order valence-electron chi connectivity index (χ2n) is 4.51. The number of hydrogen-bond acceptors (Lipinski definition) is 2. The molecule has 1 aromatic carbocycles. The third-order valence-electron chi connectivity index (χ3n) is 2.99. The molecule has 0 bridgehead atoms. The van der Waals surface area contributed by atoms with Gasteiger partial charge in [0.25, 0.3) is 0 Å². The van der Waals surface area contributed by atoms with Gasteiger partial charge in [0.05, 0.1) is 6.54 Å². The molecule has 0 saturated heterocycles. The zero-order valence-electron chi connectivity index (χ0n) is 9.69. The van der Waals surface area contributed by atoms with E-state index in [4.69, 9.17) is 0 Å². The minimum atomic E-state index is -4.60. The molecule has 0 saturated carbocycles. The van der Waals surface area contributed by atoms with Crippen molar-refractivity contribution in [3.05, 3.63) is 48.2 Å². The van der Waals surface area contributed by atoms with Crippen LogP contribution < -0.4 is 0 Å². The van der Waals surface area contributed by atoms with Crippen LogP contribution in [0.2, 0.25) is 0 Å². The summed E-state index contributed by atoms with van der Waals surface area (Å²) in [5.41, 5.74) is -1.73. The molecule has 2 nitrogen and oxygen atoms in total. The number of nitrogens with zero attached hydrogens (tertiary/aromatic N) is 1. The van der Waals surface area contributed by atoms with Crippen LogP contribution in [0.25, 0.3) is 0 Å². The summed E-state index contributed by atoms with van der Waals surface area (Å²) < 4.78 is 38.2. The van der Waals surface area contributed by atoms with Crippen LogP contribution in [0, 0.1) is 0 Å². The number of β-amino-alcohol motifs (C(OH)–C–C–N with tert-alkyl or cyclic N) is 1. The van der Waals surface area contributed by atoms with E-state index in [1.807, 2.05) is 30.3 Å². The van der Waals surface area contributed by atoms with Crippen molar-refractivity contribution in [1.29, 1.82) is 0 Å². The Bertz CT molecular complexity index is 430. The Labute approximate surface area is 103 Å². The standard InChI is InChI=1S/C13H14F3NO/c14-13(15,16)12(18)7-4-8-17(10-12)9-11-5-2-1-3-6-11/h1-6,8,18H,7,9-10H2. The summed E-state index contributed by atoms with van der Waals surface area (Å²) in [5.74, 6) is 0. The van der Waals surface area contributed by atoms with Crippen molar-refractivity contribution in [1.82, 2.24) is 4.90 Å². The van der Waals surface area contributed by atoms with Gasteiger partial charge in [0, 0.05) is 13.0 Å². The molecule has 1 aliphatic heterocycles. The molecule has 1 heterocycles. The van der Waals surface area contributed by atoms with Gasteiger partial charge in [-0.05, 0) is 11.8 Å². The maximum Gasteiger partial charge on any atom is 0.419 e. The fourth-order valence-electron chi connectivity index (χ4n) is 1.98. The fraction of sp³-hybridized carbons (Fsp3) is 0.385. The van der Waals surface area contributed by atoms with Gasteiger partial charge in [0.2, 0.25) is 0 Å². The van der Waals surface area contributed by atoms with Crippen LogP contribution in [-0.4, -0.2) is 28.3 Å². The number of halogens is 3. The van der Waals surface area contributed by atoms with Crippen molar-refractivity contribution in [2.24, 2.45) is 0 Å². The molecule has 0 aliphatic carbocycles. The highest BCUT2D eigenvalue weighted by atomic mass is 19.4. The highest BCUT2D eigenvalue weighted by Crippen LogP contribution is 2.36. The summed E-state index contributed by atoms with van der Waals surface area (Å²) in [6.07, 6.45) is -2.03. The van der Waals surface area contributed by atoms with Crippen LogP contribution in [0.4, 0.5) is 13.2 Å². The van der Waals surface area contributed by atoms with Crippen LogP contribution in [0.3, 0.4) is 0 Å². The maximum absolute atomic E-state index is 12.7. The van der Waals surface area contributed by atoms with E-state index in [1.54, 1.807) is 6.20 Å². The summed E-state index contributed by atoms with van der Waals surface area (Å²) in [6.45, 7) is -0.0718. The van der Waals surface area contributed by atoms with Crippen LogP contribution in [-0.2, 0) is 6.54 Å². The first kappa shape index (κ1) is 13.0. The minimum absolute atomic E-state index is 0.357. The van der Waals surface area contributed by atoms with Crippen molar-refractivity contribution >= 4 is 0 Å². The Kier molecular flexibility index (Phi) is 3.34. The van der Waals surface area contributed by atoms with E-state index in [0.29, 0.717) is 6.54 Å². The molecule has 1 aliphatic rings. The van der Waals surface area contributed by atoms with Gasteiger partial charge >= 0.3 is 6.18 Å². The lowest BCUT2D eigenvalue weighted by molar-refractivity contribution is -0.264. The highest BCUT2D eigenvalue weighted by Gasteiger charge is 2.54. The van der Waals surface area contributed by atoms with Gasteiger partial charge in [-0.15, -0.1) is 0 Å². The average molecular weight is 257 g/mol. The predicted molar refractivity (Wildman–Crippen MR) is 61.6 cm³/mol. The zero-order valence-corrected chi connectivity index (χ0v) is 9.69. The van der Waals surface area contributed by atoms with Gasteiger partial charge in [0.15, 0.2) is 5.60 Å². The Hall–Kier alpha value is -1.49. The monoisotopic (exact) mass is 257 g/mol. The normalized spacial score (nSPS) is 24.3. The number of rotatable bonds is 2. The van der Waals surface area contributed by atoms with E-state index < -0.39 is 18.3 Å². The van der Waals surface area contributed by atoms with Crippen molar-refractivity contribution in [3.63, 3.8) is 0 Å². The molecule has 5 heteroatoms. The topological polar surface area (TPSA) is 23.5 Å². The third kappa shape index (κ3) is 2.67. The SMILES string of the molecule is OC1(C(F)(F)F)CC=CN(Cc2ccccc2)C1. The average Bonchev–Trinajstić information content (AvgIpc) is 2.29. The van der Waals surface area contributed by atoms with Gasteiger partial charge < -0.3 is 10.0 Å². The Morgan fingerprint density at radius 1 is 1.22 bits per heavy atom. The summed E-state index contributed by atoms with van der Waals surface area (Å²) in [4.78, 5) is 1.48. The van der Waals surface area contributed by atoms with Crippen molar-refractivity contribution in [3.8, 4) is 0 Å². The van der Waals surface area contributed by atoms with Crippen molar-refractivity contribution in [2.75, 3.05) is 6.54 Å². The molecule has 18 heavy (non-hydrogen) atoms. The van der Waals surface area contributed by atoms with Crippen molar-refractivity contribution < 1.29 is 18.3 Å². The summed E-state index contributed by atoms with van der Waals surface area (Å²) in [6, 6.07) is 9.20. The second-order valence-corrected chi connectivity index (χ2v) is 4.51. The van der Waals surface area contributed by atoms with Gasteiger partial charge in [-0.2, -0.15) is 13.2 Å². The van der Waals surface area contributed by atoms with Crippen LogP contribution in [0.1, 0.15) is 12.0 Å². The Morgan fingerprint density at radius 2 is 1.89 bits per heavy atom. The lowest BCUT2D eigenvalue weighted by atomic mass is 9.95. The zero-order chi connectivity index (χ0) is 13.2. The molecular weight excluding hydrogens is 243 g/mol. The van der Waals surface area contributed by atoms with E-state index in [-0.39, 0.29) is 6.42 Å². The van der Waals surface area contributed by atoms with E-state index >= 15 is 0 Å². The lowest BCUT2D eigenvalue weighted by Gasteiger charge is -2.37. The molecule has 0 radical (unpaired) electrons. The fourth-order valence-corrected chi connectivity index (χ4v) is 1.98. The molecule has 0 fully saturated rings. The first-order valence-electron chi connectivity index (χ1n) is 5.64. The first-order chi connectivity index (χ1) is 8.41. The Morgan fingerprint density at radius 3 is 2.50 bits per heavy atom. The van der Waals surface area contributed by atoms with Crippen molar-refractivity contribution in [2.45, 2.75) is 24.7 Å². The largest absolute Gasteiger partial charge is 0.419 e. The van der Waals surface area contributed by atoms with E-state index in [9.17, 15) is 18.3 Å². The first-order valence-corrected chi connectivity index (χ1v) is 5.64. The third-order valence-corrected chi connectivity index (χ3v) is 2.99. The predicted octanol–water partition coefficient (Wildman–Crippen LogP) is 2.70. The van der Waals surface area contributed by atoms with E-state index in [2.05, 4.69) is 0 Å². The summed E-state index contributed by atoms with van der Waals surface area (Å²) in [5, 5.41) is 9.64. The molecule has 1 N–H and O–H groups in total. The Balaban J connectivity index is 2.09. The van der Waals surface area contributed by atoms with Crippen LogP contribution in [0.15, 0.2) is 42.6 Å². The van der Waals surface area contributed by atoms with Gasteiger partial charge in [-0.25, -0.2) is 0 Å². The second kappa shape index (κ2) is 4.65. The van der Waals surface area contributed by atoms with Gasteiger partial charge in [-0.1, -0.05) is 36.4 Å². The molecule has 1 unspecified atom stereocenters. The quantitative estimate of drug-likeness (QED) is 0.880. The molecule has 0 spiro atoms. The number of aliphatic hydroxyl groups is 1. The molecule has 1 aromatic rings. The molecular formula is C13H14F3NO.